The van der Waals surface area contributed by atoms with Crippen LogP contribution in [0.15, 0.2) is 253 Å². The first kappa shape index (κ1) is 80.1. The maximum Gasteiger partial charge on any atom is 0.222 e. The second kappa shape index (κ2) is 29.8. The second-order valence-electron chi connectivity index (χ2n) is 37.4. The molecule has 0 fully saturated rings. The Kier molecular flexibility index (Phi) is 17.8. The van der Waals surface area contributed by atoms with Gasteiger partial charge in [-0.25, -0.2) is 29.9 Å². The predicted molar refractivity (Wildman–Crippen MR) is 557 cm³/mol. The molecule has 13 aromatic heterocycles. The summed E-state index contributed by atoms with van der Waals surface area (Å²) in [6.45, 7) is 31.4. The van der Waals surface area contributed by atoms with Crippen molar-refractivity contribution < 1.29 is 9.47 Å². The number of aromatic nitrogens is 12. The standard InChI is InChI=1S/C27H24N2.C19H14N2.2C18H14N2O.2C18H14N2S/c1-15-6-5-7-16(2)24(15)20-10-12-21-22(14-20)25-17(3)8-9-19-11-13-23-18(4)28-27(21)29(23)26(19)25;1-11-7-8-13-9-10-16-12(2)20-19-15-6-4-3-5-14(15)17(11)18(13)21(16)19;1-10-7-8-12-9-21-18-11(2)19-17-14-6-4-3-5-13(14)15(10)16(12)20(17)18;1-10-7-8-15-17-16(10)12-5-3-4-6-13(12)18-19-11(2)14(9-21-15)20(17)18;1-10-7-8-12-9-21-18-11(2)19-17-14-6-4-3-5-13(14)15(10)16(12)20(17)18;1-10-7-8-15-17-16(10)12-5-3-4-6-13(12)18-19-11(2)14(9-21-15)20(17)18/h5-10,12,14H,11,13H2,1-4H3;3-10H,1-2H3;4*3-8H,9H2,1-2H3. The third-order valence-electron chi connectivity index (χ3n) is 29.5. The zero-order valence-corrected chi connectivity index (χ0v) is 79.0. The fourth-order valence-corrected chi connectivity index (χ4v) is 25.5. The van der Waals surface area contributed by atoms with E-state index in [0.29, 0.717) is 13.2 Å². The SMILES string of the molecule is Cc1ccc2ccc3c(C)nc4c5ccccc5c1c2n34.Cc1cccc(C)c1-c1ccc2c(c1)c1c(C)ccc3c1n1c(c(C)nc21)CC3.Cc1nc2c3ccccc3c3c(C)ccc4c3n2c1CO4.Cc1nc2c3ccccc3c3c(C)ccc4c3n2c1CS4.Cc1nc2c3ccccc3c3c(C)ccc4c3n2c1OC4.Cc1nc2c3ccccc3c3c(C)ccc4c3n2c1SC4. The quantitative estimate of drug-likeness (QED) is 0.116. The highest BCUT2D eigenvalue weighted by Gasteiger charge is 2.31. The molecule has 0 saturated heterocycles. The lowest BCUT2D eigenvalue weighted by molar-refractivity contribution is 0.283. The molecular weight excluding hydrogens is 1680 g/mol. The van der Waals surface area contributed by atoms with E-state index in [9.17, 15) is 0 Å². The highest BCUT2D eigenvalue weighted by molar-refractivity contribution is 7.99. The van der Waals surface area contributed by atoms with Gasteiger partial charge in [0, 0.05) is 92.3 Å². The molecule has 14 nitrogen and oxygen atoms in total. The molecule has 31 rings (SSSR count). The van der Waals surface area contributed by atoms with E-state index in [-0.39, 0.29) is 0 Å². The molecule has 5 aliphatic rings. The van der Waals surface area contributed by atoms with Crippen molar-refractivity contribution in [1.82, 2.24) is 56.3 Å². The molecule has 0 amide bonds. The molecule has 13 aromatic carbocycles. The molecule has 0 aliphatic carbocycles. The summed E-state index contributed by atoms with van der Waals surface area (Å²) in [6, 6.07) is 87.5. The number of fused-ring (bicyclic) bond motifs is 18. The Morgan fingerprint density at radius 1 is 0.261 bits per heavy atom. The van der Waals surface area contributed by atoms with E-state index in [4.69, 9.17) is 39.4 Å². The molecule has 0 saturated carbocycles. The van der Waals surface area contributed by atoms with E-state index in [0.717, 1.165) is 104 Å². The molecular formula is C118H94N12O2S2. The number of aryl methyl sites for hydroxylation is 16. The van der Waals surface area contributed by atoms with Crippen molar-refractivity contribution in [2.75, 3.05) is 0 Å². The van der Waals surface area contributed by atoms with Gasteiger partial charge in [-0.05, 0) is 245 Å². The van der Waals surface area contributed by atoms with E-state index >= 15 is 0 Å². The van der Waals surface area contributed by atoms with Crippen molar-refractivity contribution in [3.8, 4) is 22.8 Å². The molecule has 0 bridgehead atoms. The van der Waals surface area contributed by atoms with Crippen LogP contribution in [0.5, 0.6) is 11.6 Å². The molecule has 0 N–H and O–H groups in total. The van der Waals surface area contributed by atoms with Gasteiger partial charge in [0.1, 0.15) is 63.6 Å². The fourth-order valence-electron chi connectivity index (χ4n) is 23.3. The van der Waals surface area contributed by atoms with E-state index in [1.54, 1.807) is 0 Å². The van der Waals surface area contributed by atoms with Crippen LogP contribution in [0.3, 0.4) is 0 Å². The van der Waals surface area contributed by atoms with E-state index < -0.39 is 0 Å². The summed E-state index contributed by atoms with van der Waals surface area (Å²) in [5, 5.41) is 25.8. The summed E-state index contributed by atoms with van der Waals surface area (Å²) in [5.74, 6) is 3.89. The lowest BCUT2D eigenvalue weighted by Crippen LogP contribution is -2.09. The maximum atomic E-state index is 5.97. The largest absolute Gasteiger partial charge is 0.485 e. The van der Waals surface area contributed by atoms with Gasteiger partial charge < -0.3 is 9.47 Å². The van der Waals surface area contributed by atoms with Crippen LogP contribution in [0.1, 0.15) is 112 Å². The number of benzene rings is 13. The van der Waals surface area contributed by atoms with Crippen LogP contribution in [0, 0.1) is 96.9 Å². The number of pyridine rings is 7. The minimum Gasteiger partial charge on any atom is -0.485 e. The first-order valence-electron chi connectivity index (χ1n) is 46.5. The van der Waals surface area contributed by atoms with Gasteiger partial charge in [-0.2, -0.15) is 0 Å². The van der Waals surface area contributed by atoms with Crippen LogP contribution < -0.4 is 9.47 Å². The zero-order chi connectivity index (χ0) is 90.5. The van der Waals surface area contributed by atoms with Crippen LogP contribution in [0.25, 0.3) is 186 Å². The van der Waals surface area contributed by atoms with Gasteiger partial charge in [0.05, 0.1) is 78.5 Å². The van der Waals surface area contributed by atoms with Gasteiger partial charge >= 0.3 is 0 Å². The minimum atomic E-state index is 0.594. The van der Waals surface area contributed by atoms with Gasteiger partial charge in [0.15, 0.2) is 0 Å². The van der Waals surface area contributed by atoms with Crippen LogP contribution >= 0.6 is 23.5 Å². The van der Waals surface area contributed by atoms with Gasteiger partial charge in [0.2, 0.25) is 5.88 Å². The summed E-state index contributed by atoms with van der Waals surface area (Å²) in [4.78, 5) is 30.5. The Bertz CT molecular complexity index is 9020. The van der Waals surface area contributed by atoms with Gasteiger partial charge in [-0.3, -0.25) is 26.4 Å². The normalized spacial score (nSPS) is 13.3. The maximum absolute atomic E-state index is 5.97. The third kappa shape index (κ3) is 11.5. The number of hydrogen-bond acceptors (Lipinski definition) is 10. The van der Waals surface area contributed by atoms with Crippen LogP contribution in [-0.4, -0.2) is 56.3 Å². The number of hydrogen-bond donors (Lipinski definition) is 0. The van der Waals surface area contributed by atoms with Crippen LogP contribution in [-0.2, 0) is 37.6 Å². The fraction of sp³-hybridized carbons (Fsp3) is 0.169. The van der Waals surface area contributed by atoms with E-state index in [2.05, 4.69) is 359 Å². The number of thioether (sulfide) groups is 2. The molecule has 16 heteroatoms. The highest BCUT2D eigenvalue weighted by atomic mass is 32.2. The Morgan fingerprint density at radius 2 is 0.687 bits per heavy atom. The Labute approximate surface area is 780 Å². The van der Waals surface area contributed by atoms with E-state index in [1.807, 2.05) is 30.4 Å². The van der Waals surface area contributed by atoms with Crippen LogP contribution in [0.4, 0.5) is 0 Å². The minimum absolute atomic E-state index is 0.594. The number of imidazole rings is 6. The topological polar surface area (TPSA) is 122 Å². The van der Waals surface area contributed by atoms with Gasteiger partial charge in [0.25, 0.3) is 0 Å². The Hall–Kier alpha value is -14.8. The van der Waals surface area contributed by atoms with Crippen LogP contribution in [0.2, 0.25) is 0 Å². The smallest absolute Gasteiger partial charge is 0.222 e. The lowest BCUT2D eigenvalue weighted by atomic mass is 9.90. The lowest BCUT2D eigenvalue weighted by Gasteiger charge is -2.20. The third-order valence-corrected chi connectivity index (χ3v) is 31.7. The van der Waals surface area contributed by atoms with Crippen molar-refractivity contribution in [2.45, 2.75) is 144 Å². The van der Waals surface area contributed by atoms with Gasteiger partial charge in [-0.15, -0.1) is 23.5 Å². The first-order valence-corrected chi connectivity index (χ1v) is 48.5. The summed E-state index contributed by atoms with van der Waals surface area (Å²) in [7, 11) is 0. The summed E-state index contributed by atoms with van der Waals surface area (Å²) >= 11 is 3.83. The molecule has 650 valence electrons. The number of nitrogens with zero attached hydrogens (tertiary/aromatic N) is 12. The van der Waals surface area contributed by atoms with E-state index in [1.165, 1.54) is 240 Å². The summed E-state index contributed by atoms with van der Waals surface area (Å²) in [5.41, 5.74) is 43.2. The first-order chi connectivity index (χ1) is 65.3. The van der Waals surface area contributed by atoms with Crippen molar-refractivity contribution in [1.29, 1.82) is 0 Å². The molecule has 0 spiro atoms. The molecule has 0 radical (unpaired) electrons. The average molecular weight is 1780 g/mol. The molecule has 5 aliphatic heterocycles. The number of ether oxygens (including phenoxy) is 2. The highest BCUT2D eigenvalue weighted by Crippen LogP contribution is 2.49. The van der Waals surface area contributed by atoms with Crippen molar-refractivity contribution >= 4 is 198 Å². The number of rotatable bonds is 1. The van der Waals surface area contributed by atoms with Crippen molar-refractivity contribution in [3.63, 3.8) is 0 Å². The Balaban J connectivity index is 0.0000000842. The molecule has 0 atom stereocenters. The summed E-state index contributed by atoms with van der Waals surface area (Å²) in [6.07, 6.45) is 2.17. The van der Waals surface area contributed by atoms with Crippen molar-refractivity contribution in [3.05, 3.63) is 355 Å². The summed E-state index contributed by atoms with van der Waals surface area (Å²) < 4.78 is 25.9. The molecule has 18 heterocycles. The average Bonchev–Trinajstić information content (AvgIpc) is 1.52. The molecule has 26 aromatic rings. The van der Waals surface area contributed by atoms with Crippen molar-refractivity contribution in [2.24, 2.45) is 0 Å². The van der Waals surface area contributed by atoms with Gasteiger partial charge in [-0.1, -0.05) is 212 Å². The second-order valence-corrected chi connectivity index (χ2v) is 39.4. The Morgan fingerprint density at radius 3 is 1.29 bits per heavy atom. The molecule has 134 heavy (non-hydrogen) atoms. The monoisotopic (exact) mass is 1770 g/mol. The molecule has 0 unspecified atom stereocenters. The zero-order valence-electron chi connectivity index (χ0n) is 77.3. The predicted octanol–water partition coefficient (Wildman–Crippen LogP) is 29.5.